The zero-order valence-corrected chi connectivity index (χ0v) is 23.4. The molecule has 5 fully saturated rings. The zero-order valence-electron chi connectivity index (χ0n) is 23.4. The van der Waals surface area contributed by atoms with Gasteiger partial charge in [-0.05, 0) is 105 Å². The summed E-state index contributed by atoms with van der Waals surface area (Å²) in [6.07, 6.45) is 5.42. The number of hydrogen-bond donors (Lipinski definition) is 3. The van der Waals surface area contributed by atoms with Gasteiger partial charge in [-0.25, -0.2) is 0 Å². The van der Waals surface area contributed by atoms with Crippen molar-refractivity contribution >= 4 is 5.78 Å². The molecule has 11 atom stereocenters. The average molecular weight is 491 g/mol. The van der Waals surface area contributed by atoms with E-state index in [1.54, 1.807) is 0 Å². The van der Waals surface area contributed by atoms with Crippen molar-refractivity contribution in [3.8, 4) is 0 Å². The topological polar surface area (TPSA) is 87.0 Å². The maximum absolute atomic E-state index is 14.2. The van der Waals surface area contributed by atoms with Gasteiger partial charge in [0.25, 0.3) is 0 Å². The van der Waals surface area contributed by atoms with Crippen molar-refractivity contribution < 1.29 is 24.9 Å². The maximum atomic E-state index is 14.2. The second-order valence-electron chi connectivity index (χ2n) is 15.4. The number of ketones is 1. The summed E-state index contributed by atoms with van der Waals surface area (Å²) in [7, 11) is 0. The Hall–Kier alpha value is -0.490. The number of fused-ring (bicyclic) bond motifs is 5. The standard InChI is InChI=1S/C30H50O5/c1-25(2)21(33)10-12-27(5)20-15-18(31)23-17(30(8)14-11-22(35-30)26(3,4)34)9-13-28(23,6)29(20,7)16-19(32)24(25)27/h17,19-24,32-34H,9-16H2,1-8H3/t17-,19-,20+,21-,22?,23-,24-,27+,28+,29+,30-/m0/s1. The number of aliphatic hydroxyl groups is 3. The lowest BCUT2D eigenvalue weighted by Crippen LogP contribution is -2.69. The first-order chi connectivity index (χ1) is 15.9. The first-order valence-corrected chi connectivity index (χ1v) is 14.2. The number of carbonyl (C=O) groups excluding carboxylic acids is 1. The molecule has 200 valence electrons. The summed E-state index contributed by atoms with van der Waals surface area (Å²) in [5.74, 6) is 0.671. The SMILES string of the molecule is CC(C)(O)C1CC[C@@](C)([C@H]2CC[C@]3(C)[C@@H]2C(=O)C[C@@H]2[C@@]4(C)CC[C@H](O)C(C)(C)[C@@H]4[C@@H](O)C[C@]23C)O1. The number of rotatable bonds is 2. The molecular formula is C30H50O5. The minimum atomic E-state index is -0.886. The molecule has 0 aromatic carbocycles. The lowest BCUT2D eigenvalue weighted by Gasteiger charge is -2.70. The summed E-state index contributed by atoms with van der Waals surface area (Å²) >= 11 is 0. The Bertz CT molecular complexity index is 892. The summed E-state index contributed by atoms with van der Waals surface area (Å²) in [6, 6.07) is 0. The van der Waals surface area contributed by atoms with Crippen molar-refractivity contribution in [2.45, 2.75) is 136 Å². The molecule has 1 saturated heterocycles. The molecule has 5 rings (SSSR count). The van der Waals surface area contributed by atoms with Gasteiger partial charge in [0.05, 0.1) is 29.5 Å². The largest absolute Gasteiger partial charge is 0.393 e. The summed E-state index contributed by atoms with van der Waals surface area (Å²) in [5, 5.41) is 33.2. The van der Waals surface area contributed by atoms with E-state index in [4.69, 9.17) is 4.74 Å². The molecular weight excluding hydrogens is 440 g/mol. The van der Waals surface area contributed by atoms with Crippen LogP contribution in [0.25, 0.3) is 0 Å². The third-order valence-electron chi connectivity index (χ3n) is 12.9. The predicted octanol–water partition coefficient (Wildman–Crippen LogP) is 4.89. The molecule has 4 aliphatic carbocycles. The van der Waals surface area contributed by atoms with Crippen LogP contribution in [0.2, 0.25) is 0 Å². The van der Waals surface area contributed by atoms with Gasteiger partial charge in [0.2, 0.25) is 0 Å². The molecule has 4 saturated carbocycles. The van der Waals surface area contributed by atoms with Gasteiger partial charge < -0.3 is 20.1 Å². The number of Topliss-reactive ketones (excluding diaryl/α,β-unsaturated/α-hetero) is 1. The fraction of sp³-hybridized carbons (Fsp3) is 0.967. The van der Waals surface area contributed by atoms with Gasteiger partial charge in [0.15, 0.2) is 0 Å². The van der Waals surface area contributed by atoms with Crippen LogP contribution in [0.3, 0.4) is 0 Å². The van der Waals surface area contributed by atoms with E-state index in [0.717, 1.165) is 38.5 Å². The van der Waals surface area contributed by atoms with Crippen LogP contribution in [0.1, 0.15) is 107 Å². The van der Waals surface area contributed by atoms with E-state index < -0.39 is 23.4 Å². The minimum Gasteiger partial charge on any atom is -0.393 e. The van der Waals surface area contributed by atoms with Crippen LogP contribution >= 0.6 is 0 Å². The van der Waals surface area contributed by atoms with Crippen LogP contribution in [0, 0.1) is 45.3 Å². The van der Waals surface area contributed by atoms with E-state index in [9.17, 15) is 20.1 Å². The number of aliphatic hydroxyl groups excluding tert-OH is 2. The Morgan fingerprint density at radius 1 is 0.914 bits per heavy atom. The molecule has 0 radical (unpaired) electrons. The molecule has 0 spiro atoms. The smallest absolute Gasteiger partial charge is 0.137 e. The van der Waals surface area contributed by atoms with Crippen molar-refractivity contribution in [1.82, 2.24) is 0 Å². The van der Waals surface area contributed by atoms with Gasteiger partial charge in [0.1, 0.15) is 5.78 Å². The Labute approximate surface area is 212 Å². The lowest BCUT2D eigenvalue weighted by molar-refractivity contribution is -0.253. The fourth-order valence-corrected chi connectivity index (χ4v) is 10.9. The quantitative estimate of drug-likeness (QED) is 0.513. The second kappa shape index (κ2) is 7.55. The Morgan fingerprint density at radius 2 is 1.57 bits per heavy atom. The molecule has 35 heavy (non-hydrogen) atoms. The van der Waals surface area contributed by atoms with Crippen LogP contribution in [-0.2, 0) is 9.53 Å². The highest BCUT2D eigenvalue weighted by Crippen LogP contribution is 2.75. The fourth-order valence-electron chi connectivity index (χ4n) is 10.9. The van der Waals surface area contributed by atoms with Crippen LogP contribution < -0.4 is 0 Å². The summed E-state index contributed by atoms with van der Waals surface area (Å²) in [5.41, 5.74) is -2.16. The molecule has 1 heterocycles. The van der Waals surface area contributed by atoms with Gasteiger partial charge in [-0.15, -0.1) is 0 Å². The Morgan fingerprint density at radius 3 is 2.17 bits per heavy atom. The van der Waals surface area contributed by atoms with Gasteiger partial charge >= 0.3 is 0 Å². The van der Waals surface area contributed by atoms with Crippen molar-refractivity contribution in [3.05, 3.63) is 0 Å². The van der Waals surface area contributed by atoms with Crippen LogP contribution in [-0.4, -0.2) is 50.6 Å². The molecule has 5 aliphatic rings. The summed E-state index contributed by atoms with van der Waals surface area (Å²) < 4.78 is 6.60. The van der Waals surface area contributed by atoms with E-state index in [1.165, 1.54) is 0 Å². The van der Waals surface area contributed by atoms with Crippen LogP contribution in [0.15, 0.2) is 0 Å². The van der Waals surface area contributed by atoms with Gasteiger partial charge in [-0.3, -0.25) is 4.79 Å². The van der Waals surface area contributed by atoms with Gasteiger partial charge in [0, 0.05) is 12.3 Å². The first kappa shape index (κ1) is 26.1. The van der Waals surface area contributed by atoms with Gasteiger partial charge in [-0.1, -0.05) is 34.6 Å². The van der Waals surface area contributed by atoms with Gasteiger partial charge in [-0.2, -0.15) is 0 Å². The molecule has 0 bridgehead atoms. The van der Waals surface area contributed by atoms with E-state index in [-0.39, 0.29) is 51.4 Å². The molecule has 0 amide bonds. The van der Waals surface area contributed by atoms with E-state index >= 15 is 0 Å². The average Bonchev–Trinajstić information content (AvgIpc) is 3.30. The molecule has 3 N–H and O–H groups in total. The van der Waals surface area contributed by atoms with Crippen molar-refractivity contribution in [1.29, 1.82) is 0 Å². The molecule has 0 aromatic heterocycles. The van der Waals surface area contributed by atoms with Crippen LogP contribution in [0.5, 0.6) is 0 Å². The second-order valence-corrected chi connectivity index (χ2v) is 15.4. The summed E-state index contributed by atoms with van der Waals surface area (Å²) in [6.45, 7) is 17.1. The monoisotopic (exact) mass is 490 g/mol. The normalized spacial score (nSPS) is 55.9. The zero-order chi connectivity index (χ0) is 26.0. The Balaban J connectivity index is 1.52. The predicted molar refractivity (Wildman–Crippen MR) is 136 cm³/mol. The lowest BCUT2D eigenvalue weighted by atomic mass is 9.34. The van der Waals surface area contributed by atoms with Crippen molar-refractivity contribution in [2.24, 2.45) is 45.3 Å². The van der Waals surface area contributed by atoms with Crippen molar-refractivity contribution in [3.63, 3.8) is 0 Å². The molecule has 1 unspecified atom stereocenters. The van der Waals surface area contributed by atoms with E-state index in [1.807, 2.05) is 13.8 Å². The van der Waals surface area contributed by atoms with Crippen LogP contribution in [0.4, 0.5) is 0 Å². The minimum absolute atomic E-state index is 0.00907. The summed E-state index contributed by atoms with van der Waals surface area (Å²) in [4.78, 5) is 14.2. The highest BCUT2D eigenvalue weighted by atomic mass is 16.5. The van der Waals surface area contributed by atoms with E-state index in [2.05, 4.69) is 41.5 Å². The first-order valence-electron chi connectivity index (χ1n) is 14.2. The highest BCUT2D eigenvalue weighted by molar-refractivity contribution is 5.84. The highest BCUT2D eigenvalue weighted by Gasteiger charge is 2.73. The third kappa shape index (κ3) is 3.29. The number of ether oxygens (including phenoxy) is 1. The number of carbonyl (C=O) groups is 1. The molecule has 0 aromatic rings. The molecule has 5 heteroatoms. The molecule has 5 nitrogen and oxygen atoms in total. The van der Waals surface area contributed by atoms with Crippen molar-refractivity contribution in [2.75, 3.05) is 0 Å². The number of hydrogen-bond acceptors (Lipinski definition) is 5. The Kier molecular flexibility index (Phi) is 5.63. The maximum Gasteiger partial charge on any atom is 0.137 e. The molecule has 1 aliphatic heterocycles. The third-order valence-corrected chi connectivity index (χ3v) is 12.9. The van der Waals surface area contributed by atoms with E-state index in [0.29, 0.717) is 18.6 Å².